The molecule has 0 fully saturated rings. The highest BCUT2D eigenvalue weighted by Crippen LogP contribution is 1.93. The van der Waals surface area contributed by atoms with Crippen LogP contribution in [0.5, 0.6) is 0 Å². The Kier molecular flexibility index (Phi) is 4.33. The molecule has 0 aromatic rings. The van der Waals surface area contributed by atoms with Gasteiger partial charge in [-0.25, -0.2) is 0 Å². The Morgan fingerprint density at radius 2 is 2.10 bits per heavy atom. The van der Waals surface area contributed by atoms with Crippen molar-refractivity contribution in [2.75, 3.05) is 13.7 Å². The first-order valence-electron chi connectivity index (χ1n) is 3.04. The number of hydrogen-bond donors (Lipinski definition) is 2. The Balaban J connectivity index is 3.75. The molecule has 0 spiro atoms. The van der Waals surface area contributed by atoms with Crippen LogP contribution < -0.4 is 5.32 Å². The van der Waals surface area contributed by atoms with Gasteiger partial charge in [-0.2, -0.15) is 0 Å². The van der Waals surface area contributed by atoms with E-state index in [9.17, 15) is 0 Å². The Hall–Kier alpha value is -1.02. The maximum Gasteiger partial charge on any atom is 0.0676 e. The zero-order valence-electron chi connectivity index (χ0n) is 6.22. The van der Waals surface area contributed by atoms with Gasteiger partial charge in [0.2, 0.25) is 0 Å². The van der Waals surface area contributed by atoms with E-state index in [4.69, 9.17) is 5.11 Å². The summed E-state index contributed by atoms with van der Waals surface area (Å²) in [7, 11) is 1.79. The molecular weight excluding hydrogens is 126 g/mol. The summed E-state index contributed by atoms with van der Waals surface area (Å²) in [5, 5.41) is 11.4. The molecule has 0 aliphatic heterocycles. The predicted molar refractivity (Wildman–Crippen MR) is 43.6 cm³/mol. The van der Waals surface area contributed by atoms with Crippen LogP contribution >= 0.6 is 0 Å². The zero-order chi connectivity index (χ0) is 7.98. The van der Waals surface area contributed by atoms with Gasteiger partial charge in [-0.1, -0.05) is 19.2 Å². The number of rotatable bonds is 4. The fraction of sp³-hybridized carbons (Fsp3) is 0.250. The van der Waals surface area contributed by atoms with Crippen molar-refractivity contribution in [2.24, 2.45) is 0 Å². The molecule has 2 N–H and O–H groups in total. The molecule has 0 bridgehead atoms. The van der Waals surface area contributed by atoms with Crippen LogP contribution in [0.3, 0.4) is 0 Å². The van der Waals surface area contributed by atoms with Crippen LogP contribution in [0.1, 0.15) is 0 Å². The molecule has 10 heavy (non-hydrogen) atoms. The van der Waals surface area contributed by atoms with Gasteiger partial charge in [-0.05, 0) is 11.6 Å². The van der Waals surface area contributed by atoms with Crippen LogP contribution in [-0.4, -0.2) is 18.8 Å². The lowest BCUT2D eigenvalue weighted by Crippen LogP contribution is -2.00. The second kappa shape index (κ2) is 4.82. The van der Waals surface area contributed by atoms with Crippen molar-refractivity contribution in [3.05, 3.63) is 36.6 Å². The van der Waals surface area contributed by atoms with Crippen molar-refractivity contribution in [1.82, 2.24) is 5.32 Å². The normalized spacial score (nSPS) is 9.80. The Morgan fingerprint density at radius 3 is 2.50 bits per heavy atom. The van der Waals surface area contributed by atoms with E-state index < -0.39 is 0 Å². The molecule has 0 amide bonds. The molecule has 0 aliphatic rings. The molecule has 0 heterocycles. The maximum absolute atomic E-state index is 8.52. The molecule has 2 nitrogen and oxygen atoms in total. The summed E-state index contributed by atoms with van der Waals surface area (Å²) in [4.78, 5) is 0. The van der Waals surface area contributed by atoms with Crippen LogP contribution in [-0.2, 0) is 0 Å². The summed E-state index contributed by atoms with van der Waals surface area (Å²) in [5.74, 6) is 0. The van der Waals surface area contributed by atoms with E-state index in [1.54, 1.807) is 19.2 Å². The van der Waals surface area contributed by atoms with Crippen molar-refractivity contribution in [1.29, 1.82) is 0 Å². The van der Waals surface area contributed by atoms with E-state index in [1.165, 1.54) is 0 Å². The largest absolute Gasteiger partial charge is 0.392 e. The van der Waals surface area contributed by atoms with E-state index in [2.05, 4.69) is 18.5 Å². The first kappa shape index (κ1) is 8.98. The number of nitrogens with one attached hydrogen (secondary N) is 1. The number of aliphatic hydroxyl groups is 1. The zero-order valence-corrected chi connectivity index (χ0v) is 6.22. The van der Waals surface area contributed by atoms with E-state index in [-0.39, 0.29) is 6.61 Å². The van der Waals surface area contributed by atoms with Crippen LogP contribution in [0.25, 0.3) is 0 Å². The first-order valence-corrected chi connectivity index (χ1v) is 3.04. The van der Waals surface area contributed by atoms with Gasteiger partial charge >= 0.3 is 0 Å². The lowest BCUT2D eigenvalue weighted by atomic mass is 10.3. The van der Waals surface area contributed by atoms with Crippen molar-refractivity contribution >= 4 is 0 Å². The number of allylic oxidation sites excluding steroid dienone is 1. The fourth-order valence-electron chi connectivity index (χ4n) is 0.354. The highest BCUT2D eigenvalue weighted by Gasteiger charge is 1.82. The summed E-state index contributed by atoms with van der Waals surface area (Å²) in [6.45, 7) is 7.23. The minimum Gasteiger partial charge on any atom is -0.392 e. The molecule has 0 aliphatic carbocycles. The average Bonchev–Trinajstić information content (AvgIpc) is 1.99. The Bertz CT molecular complexity index is 141. The van der Waals surface area contributed by atoms with Crippen LogP contribution in [0.15, 0.2) is 36.6 Å². The van der Waals surface area contributed by atoms with Gasteiger partial charge in [0.25, 0.3) is 0 Å². The SMILES string of the molecule is C=C(/C=C\C(=C)NC)CO. The third-order valence-electron chi connectivity index (χ3n) is 1.04. The van der Waals surface area contributed by atoms with Gasteiger partial charge in [0.1, 0.15) is 0 Å². The molecule has 56 valence electrons. The third-order valence-corrected chi connectivity index (χ3v) is 1.04. The predicted octanol–water partition coefficient (Wildman–Crippen LogP) is 0.824. The molecule has 0 saturated carbocycles. The van der Waals surface area contributed by atoms with Gasteiger partial charge < -0.3 is 10.4 Å². The topological polar surface area (TPSA) is 32.3 Å². The quantitative estimate of drug-likeness (QED) is 0.565. The van der Waals surface area contributed by atoms with E-state index in [1.807, 2.05) is 0 Å². The van der Waals surface area contributed by atoms with Gasteiger partial charge in [0.05, 0.1) is 6.61 Å². The Labute approximate surface area is 61.6 Å². The standard InChI is InChI=1S/C8H13NO/c1-7(6-10)4-5-8(2)9-3/h4-5,9-10H,1-2,6H2,3H3/b5-4-. The van der Waals surface area contributed by atoms with Gasteiger partial charge in [-0.3, -0.25) is 0 Å². The third kappa shape index (κ3) is 3.92. The summed E-state index contributed by atoms with van der Waals surface area (Å²) >= 11 is 0. The number of hydrogen-bond acceptors (Lipinski definition) is 2. The second-order valence-electron chi connectivity index (χ2n) is 1.92. The number of likely N-dealkylation sites (N-methyl/N-ethyl adjacent to an activating group) is 1. The molecule has 0 aromatic carbocycles. The minimum atomic E-state index is -0.00645. The van der Waals surface area contributed by atoms with E-state index >= 15 is 0 Å². The van der Waals surface area contributed by atoms with Gasteiger partial charge in [0, 0.05) is 12.7 Å². The van der Waals surface area contributed by atoms with Crippen LogP contribution in [0.4, 0.5) is 0 Å². The molecular formula is C8H13NO. The molecule has 0 aromatic heterocycles. The Morgan fingerprint density at radius 1 is 1.50 bits per heavy atom. The fourth-order valence-corrected chi connectivity index (χ4v) is 0.354. The molecule has 0 unspecified atom stereocenters. The summed E-state index contributed by atoms with van der Waals surface area (Å²) in [5.41, 5.74) is 1.48. The summed E-state index contributed by atoms with van der Waals surface area (Å²) in [6, 6.07) is 0. The molecule has 0 rings (SSSR count). The smallest absolute Gasteiger partial charge is 0.0676 e. The summed E-state index contributed by atoms with van der Waals surface area (Å²) in [6.07, 6.45) is 3.48. The van der Waals surface area contributed by atoms with E-state index in [0.29, 0.717) is 5.57 Å². The first-order chi connectivity index (χ1) is 4.70. The van der Waals surface area contributed by atoms with Gasteiger partial charge in [-0.15, -0.1) is 0 Å². The second-order valence-corrected chi connectivity index (χ2v) is 1.92. The van der Waals surface area contributed by atoms with Gasteiger partial charge in [0.15, 0.2) is 0 Å². The lowest BCUT2D eigenvalue weighted by molar-refractivity contribution is 0.335. The summed E-state index contributed by atoms with van der Waals surface area (Å²) < 4.78 is 0. The van der Waals surface area contributed by atoms with Crippen molar-refractivity contribution in [3.8, 4) is 0 Å². The van der Waals surface area contributed by atoms with E-state index in [0.717, 1.165) is 5.70 Å². The molecule has 0 radical (unpaired) electrons. The lowest BCUT2D eigenvalue weighted by Gasteiger charge is -1.95. The van der Waals surface area contributed by atoms with Crippen molar-refractivity contribution in [3.63, 3.8) is 0 Å². The van der Waals surface area contributed by atoms with Crippen molar-refractivity contribution < 1.29 is 5.11 Å². The maximum atomic E-state index is 8.52. The monoisotopic (exact) mass is 139 g/mol. The molecule has 0 atom stereocenters. The van der Waals surface area contributed by atoms with Crippen LogP contribution in [0.2, 0.25) is 0 Å². The molecule has 2 heteroatoms. The highest BCUT2D eigenvalue weighted by molar-refractivity contribution is 5.22. The van der Waals surface area contributed by atoms with Crippen LogP contribution in [0, 0.1) is 0 Å². The highest BCUT2D eigenvalue weighted by atomic mass is 16.3. The van der Waals surface area contributed by atoms with Crippen molar-refractivity contribution in [2.45, 2.75) is 0 Å². The molecule has 0 saturated heterocycles. The number of aliphatic hydroxyl groups excluding tert-OH is 1. The average molecular weight is 139 g/mol. The minimum absolute atomic E-state index is 0.00645.